The van der Waals surface area contributed by atoms with Gasteiger partial charge in [0.15, 0.2) is 0 Å². The zero-order valence-corrected chi connectivity index (χ0v) is 10.0. The predicted molar refractivity (Wildman–Crippen MR) is 66.6 cm³/mol. The van der Waals surface area contributed by atoms with Crippen molar-refractivity contribution in [1.82, 2.24) is 16.2 Å². The van der Waals surface area contributed by atoms with Gasteiger partial charge in [0, 0.05) is 17.0 Å². The summed E-state index contributed by atoms with van der Waals surface area (Å²) in [5, 5.41) is 3.34. The van der Waals surface area contributed by atoms with Gasteiger partial charge in [-0.1, -0.05) is 0 Å². The number of hydrogen-bond acceptors (Lipinski definition) is 5. The lowest BCUT2D eigenvalue weighted by Gasteiger charge is -2.12. The number of ether oxygens (including phenoxy) is 1. The summed E-state index contributed by atoms with van der Waals surface area (Å²) in [6, 6.07) is 6.10. The Hall–Kier alpha value is -2.54. The third kappa shape index (κ3) is 2.00. The first-order chi connectivity index (χ1) is 9.17. The highest BCUT2D eigenvalue weighted by atomic mass is 16.5. The van der Waals surface area contributed by atoms with Crippen LogP contribution in [0.2, 0.25) is 0 Å². The number of carbonyl (C=O) groups excluding carboxylic acids is 1. The molecule has 1 atom stereocenters. The Morgan fingerprint density at radius 2 is 2.11 bits per heavy atom. The zero-order chi connectivity index (χ0) is 13.4. The first-order valence-electron chi connectivity index (χ1n) is 5.61. The molecule has 0 spiro atoms. The minimum absolute atomic E-state index is 0.353. The molecule has 0 saturated carbocycles. The Balaban J connectivity index is 2.20. The van der Waals surface area contributed by atoms with Crippen LogP contribution in [-0.4, -0.2) is 13.1 Å². The van der Waals surface area contributed by atoms with E-state index in [0.29, 0.717) is 22.3 Å². The summed E-state index contributed by atoms with van der Waals surface area (Å²) < 4.78 is 10.3. The Labute approximate surface area is 107 Å². The molecule has 2 aromatic rings. The molecular weight excluding hydrogens is 250 g/mol. The number of benzene rings is 1. The second kappa shape index (κ2) is 4.29. The van der Waals surface area contributed by atoms with Crippen LogP contribution in [0.4, 0.5) is 4.79 Å². The van der Waals surface area contributed by atoms with Gasteiger partial charge in [-0.3, -0.25) is 5.43 Å². The Bertz CT molecular complexity index is 710. The third-order valence-corrected chi connectivity index (χ3v) is 2.90. The quantitative estimate of drug-likeness (QED) is 0.689. The van der Waals surface area contributed by atoms with Crippen molar-refractivity contribution in [1.29, 1.82) is 0 Å². The molecule has 19 heavy (non-hydrogen) atoms. The van der Waals surface area contributed by atoms with Gasteiger partial charge in [0.05, 0.1) is 7.11 Å². The maximum atomic E-state index is 11.5. The number of rotatable bonds is 2. The fourth-order valence-corrected chi connectivity index (χ4v) is 2.03. The van der Waals surface area contributed by atoms with Crippen molar-refractivity contribution in [3.05, 3.63) is 40.2 Å². The van der Waals surface area contributed by atoms with Crippen LogP contribution in [-0.2, 0) is 0 Å². The molecule has 1 aliphatic rings. The van der Waals surface area contributed by atoms with E-state index in [-0.39, 0.29) is 6.03 Å². The van der Waals surface area contributed by atoms with Gasteiger partial charge in [0.25, 0.3) is 0 Å². The van der Waals surface area contributed by atoms with Crippen LogP contribution in [0.25, 0.3) is 11.0 Å². The number of carbonyl (C=O) groups is 1. The third-order valence-electron chi connectivity index (χ3n) is 2.90. The van der Waals surface area contributed by atoms with Gasteiger partial charge in [-0.25, -0.2) is 15.0 Å². The molecule has 1 fully saturated rings. The van der Waals surface area contributed by atoms with Crippen molar-refractivity contribution in [2.24, 2.45) is 0 Å². The SMILES string of the molecule is COc1ccc2oc(=O)cc(C3NNC(=O)N3)c2c1. The number of methoxy groups -OCH3 is 1. The summed E-state index contributed by atoms with van der Waals surface area (Å²) in [5.74, 6) is 0.639. The number of hydrazine groups is 1. The Kier molecular flexibility index (Phi) is 2.60. The van der Waals surface area contributed by atoms with E-state index in [0.717, 1.165) is 0 Å². The highest BCUT2D eigenvalue weighted by Gasteiger charge is 2.24. The Morgan fingerprint density at radius 1 is 1.26 bits per heavy atom. The first kappa shape index (κ1) is 11.5. The highest BCUT2D eigenvalue weighted by molar-refractivity contribution is 5.84. The second-order valence-electron chi connectivity index (χ2n) is 4.06. The fourth-order valence-electron chi connectivity index (χ4n) is 2.03. The average molecular weight is 261 g/mol. The summed E-state index contributed by atoms with van der Waals surface area (Å²) >= 11 is 0. The van der Waals surface area contributed by atoms with E-state index in [4.69, 9.17) is 9.15 Å². The molecule has 98 valence electrons. The molecule has 1 aromatic carbocycles. The van der Waals surface area contributed by atoms with Crippen LogP contribution in [0.5, 0.6) is 5.75 Å². The summed E-state index contributed by atoms with van der Waals surface area (Å²) in [6.45, 7) is 0. The van der Waals surface area contributed by atoms with Crippen LogP contribution in [0.3, 0.4) is 0 Å². The van der Waals surface area contributed by atoms with Gasteiger partial charge in [0.1, 0.15) is 17.5 Å². The molecule has 7 nitrogen and oxygen atoms in total. The molecule has 3 N–H and O–H groups in total. The van der Waals surface area contributed by atoms with Crippen molar-refractivity contribution >= 4 is 17.0 Å². The molecule has 3 rings (SSSR count). The van der Waals surface area contributed by atoms with E-state index in [1.807, 2.05) is 0 Å². The second-order valence-corrected chi connectivity index (χ2v) is 4.06. The number of fused-ring (bicyclic) bond motifs is 1. The van der Waals surface area contributed by atoms with Gasteiger partial charge in [-0.15, -0.1) is 0 Å². The molecule has 0 aliphatic carbocycles. The largest absolute Gasteiger partial charge is 0.497 e. The van der Waals surface area contributed by atoms with E-state index < -0.39 is 11.8 Å². The highest BCUT2D eigenvalue weighted by Crippen LogP contribution is 2.26. The van der Waals surface area contributed by atoms with Crippen molar-refractivity contribution in [2.45, 2.75) is 6.17 Å². The van der Waals surface area contributed by atoms with Crippen molar-refractivity contribution < 1.29 is 13.9 Å². The van der Waals surface area contributed by atoms with Crippen LogP contribution in [0, 0.1) is 0 Å². The van der Waals surface area contributed by atoms with Crippen molar-refractivity contribution in [2.75, 3.05) is 7.11 Å². The molecule has 2 heterocycles. The number of amides is 2. The summed E-state index contributed by atoms with van der Waals surface area (Å²) in [7, 11) is 1.55. The van der Waals surface area contributed by atoms with Crippen LogP contribution in [0.15, 0.2) is 33.5 Å². The van der Waals surface area contributed by atoms with E-state index in [2.05, 4.69) is 16.2 Å². The molecule has 7 heteroatoms. The molecule has 1 saturated heterocycles. The Morgan fingerprint density at radius 3 is 2.79 bits per heavy atom. The lowest BCUT2D eigenvalue weighted by atomic mass is 10.1. The molecule has 0 bridgehead atoms. The normalized spacial score (nSPS) is 18.2. The predicted octanol–water partition coefficient (Wildman–Crippen LogP) is 0.618. The minimum atomic E-state index is -0.494. The molecular formula is C12H11N3O4. The van der Waals surface area contributed by atoms with Gasteiger partial charge in [-0.2, -0.15) is 0 Å². The van der Waals surface area contributed by atoms with E-state index in [1.165, 1.54) is 6.07 Å². The van der Waals surface area contributed by atoms with Crippen LogP contribution < -0.4 is 26.5 Å². The van der Waals surface area contributed by atoms with Gasteiger partial charge in [-0.05, 0) is 18.2 Å². The number of hydrogen-bond donors (Lipinski definition) is 3. The smallest absolute Gasteiger partial charge is 0.336 e. The lowest BCUT2D eigenvalue weighted by molar-refractivity contribution is 0.247. The number of urea groups is 1. The standard InChI is InChI=1S/C12H11N3O4/c1-18-6-2-3-9-7(4-6)8(5-10(16)19-9)11-13-12(17)15-14-11/h2-5,11,14H,1H3,(H2,13,15,17). The zero-order valence-electron chi connectivity index (χ0n) is 10.0. The summed E-state index contributed by atoms with van der Waals surface area (Å²) in [5.41, 5.74) is 5.74. The van der Waals surface area contributed by atoms with Crippen molar-refractivity contribution in [3.8, 4) is 5.75 Å². The number of nitrogens with one attached hydrogen (secondary N) is 3. The van der Waals surface area contributed by atoms with Crippen molar-refractivity contribution in [3.63, 3.8) is 0 Å². The molecule has 2 amide bonds. The van der Waals surface area contributed by atoms with Crippen LogP contribution >= 0.6 is 0 Å². The van der Waals surface area contributed by atoms with Crippen LogP contribution in [0.1, 0.15) is 11.7 Å². The summed E-state index contributed by atoms with van der Waals surface area (Å²) in [4.78, 5) is 22.7. The van der Waals surface area contributed by atoms with E-state index in [1.54, 1.807) is 25.3 Å². The molecule has 1 aromatic heterocycles. The fraction of sp³-hybridized carbons (Fsp3) is 0.167. The van der Waals surface area contributed by atoms with E-state index in [9.17, 15) is 9.59 Å². The van der Waals surface area contributed by atoms with Gasteiger partial charge < -0.3 is 14.5 Å². The van der Waals surface area contributed by atoms with Gasteiger partial charge >= 0.3 is 11.7 Å². The first-order valence-corrected chi connectivity index (χ1v) is 5.61. The molecule has 0 radical (unpaired) electrons. The monoisotopic (exact) mass is 261 g/mol. The van der Waals surface area contributed by atoms with E-state index >= 15 is 0 Å². The minimum Gasteiger partial charge on any atom is -0.497 e. The van der Waals surface area contributed by atoms with Gasteiger partial charge in [0.2, 0.25) is 0 Å². The lowest BCUT2D eigenvalue weighted by Crippen LogP contribution is -2.27. The topological polar surface area (TPSA) is 92.6 Å². The summed E-state index contributed by atoms with van der Waals surface area (Å²) in [6.07, 6.45) is -0.494. The average Bonchev–Trinajstić information content (AvgIpc) is 2.84. The maximum Gasteiger partial charge on any atom is 0.336 e. The molecule has 1 unspecified atom stereocenters. The molecule has 1 aliphatic heterocycles. The maximum absolute atomic E-state index is 11.5.